The Balaban J connectivity index is 2.11. The average molecular weight is 274 g/mol. The fourth-order valence-electron chi connectivity index (χ4n) is 2.46. The van der Waals surface area contributed by atoms with Crippen LogP contribution in [-0.4, -0.2) is 0 Å². The van der Waals surface area contributed by atoms with Crippen LogP contribution in [0.5, 0.6) is 11.5 Å². The molecule has 0 N–H and O–H groups in total. The summed E-state index contributed by atoms with van der Waals surface area (Å²) in [7, 11) is 0. The van der Waals surface area contributed by atoms with Crippen molar-refractivity contribution in [1.82, 2.24) is 0 Å². The van der Waals surface area contributed by atoms with Gasteiger partial charge in [-0.3, -0.25) is 0 Å². The fraction of sp³-hybridized carbons (Fsp3) is 0.100. The quantitative estimate of drug-likeness (QED) is 0.589. The Kier molecular flexibility index (Phi) is 3.74. The second-order valence-corrected chi connectivity index (χ2v) is 5.16. The minimum absolute atomic E-state index is 0.859. The van der Waals surface area contributed by atoms with Crippen LogP contribution in [0.25, 0.3) is 11.1 Å². The van der Waals surface area contributed by atoms with Crippen molar-refractivity contribution >= 4 is 0 Å². The number of hydrogen-bond donors (Lipinski definition) is 0. The van der Waals surface area contributed by atoms with E-state index in [9.17, 15) is 0 Å². The van der Waals surface area contributed by atoms with E-state index in [1.807, 2.05) is 36.4 Å². The SMILES string of the molecule is Cc1ccc(Oc2ccccc2)c(-c2ccccc2)c1C. The van der Waals surface area contributed by atoms with Gasteiger partial charge < -0.3 is 4.74 Å². The van der Waals surface area contributed by atoms with Gasteiger partial charge in [-0.2, -0.15) is 0 Å². The van der Waals surface area contributed by atoms with Gasteiger partial charge in [0.15, 0.2) is 0 Å². The summed E-state index contributed by atoms with van der Waals surface area (Å²) in [6.45, 7) is 4.28. The van der Waals surface area contributed by atoms with Gasteiger partial charge >= 0.3 is 0 Å². The molecular formula is C20H18O. The van der Waals surface area contributed by atoms with Crippen molar-refractivity contribution < 1.29 is 4.74 Å². The molecule has 1 heteroatoms. The topological polar surface area (TPSA) is 9.23 Å². The van der Waals surface area contributed by atoms with Crippen molar-refractivity contribution in [2.45, 2.75) is 13.8 Å². The van der Waals surface area contributed by atoms with Crippen LogP contribution in [0.4, 0.5) is 0 Å². The predicted octanol–water partition coefficient (Wildman–Crippen LogP) is 5.76. The zero-order valence-corrected chi connectivity index (χ0v) is 12.3. The molecule has 3 aromatic carbocycles. The summed E-state index contributed by atoms with van der Waals surface area (Å²) in [6, 6.07) is 24.5. The molecule has 1 nitrogen and oxygen atoms in total. The highest BCUT2D eigenvalue weighted by Gasteiger charge is 2.12. The van der Waals surface area contributed by atoms with E-state index >= 15 is 0 Å². The lowest BCUT2D eigenvalue weighted by molar-refractivity contribution is 0.484. The minimum atomic E-state index is 0.859. The van der Waals surface area contributed by atoms with Crippen LogP contribution in [0.2, 0.25) is 0 Å². The van der Waals surface area contributed by atoms with E-state index in [1.54, 1.807) is 0 Å². The molecule has 0 aliphatic carbocycles. The maximum Gasteiger partial charge on any atom is 0.135 e. The van der Waals surface area contributed by atoms with E-state index in [-0.39, 0.29) is 0 Å². The van der Waals surface area contributed by atoms with Crippen LogP contribution >= 0.6 is 0 Å². The summed E-state index contributed by atoms with van der Waals surface area (Å²) in [5.41, 5.74) is 4.88. The Labute approximate surface area is 125 Å². The first-order valence-electron chi connectivity index (χ1n) is 7.14. The Morgan fingerprint density at radius 2 is 1.29 bits per heavy atom. The number of aryl methyl sites for hydroxylation is 1. The van der Waals surface area contributed by atoms with Gasteiger partial charge in [0.25, 0.3) is 0 Å². The van der Waals surface area contributed by atoms with Crippen LogP contribution < -0.4 is 4.74 Å². The highest BCUT2D eigenvalue weighted by molar-refractivity contribution is 5.75. The number of para-hydroxylation sites is 1. The first-order chi connectivity index (χ1) is 10.3. The molecule has 3 aromatic rings. The smallest absolute Gasteiger partial charge is 0.135 e. The predicted molar refractivity (Wildman–Crippen MR) is 87.9 cm³/mol. The maximum atomic E-state index is 6.10. The molecule has 0 unspecified atom stereocenters. The van der Waals surface area contributed by atoms with Crippen molar-refractivity contribution in [2.75, 3.05) is 0 Å². The van der Waals surface area contributed by atoms with E-state index in [2.05, 4.69) is 50.2 Å². The van der Waals surface area contributed by atoms with Gasteiger partial charge in [0.05, 0.1) is 0 Å². The third kappa shape index (κ3) is 2.82. The largest absolute Gasteiger partial charge is 0.457 e. The highest BCUT2D eigenvalue weighted by Crippen LogP contribution is 2.37. The number of hydrogen-bond acceptors (Lipinski definition) is 1. The van der Waals surface area contributed by atoms with E-state index in [4.69, 9.17) is 4.74 Å². The van der Waals surface area contributed by atoms with Crippen molar-refractivity contribution in [3.63, 3.8) is 0 Å². The Hall–Kier alpha value is -2.54. The second kappa shape index (κ2) is 5.84. The van der Waals surface area contributed by atoms with Crippen LogP contribution in [0.1, 0.15) is 11.1 Å². The van der Waals surface area contributed by atoms with Crippen LogP contribution in [0.3, 0.4) is 0 Å². The fourth-order valence-corrected chi connectivity index (χ4v) is 2.46. The van der Waals surface area contributed by atoms with Crippen LogP contribution in [-0.2, 0) is 0 Å². The molecule has 0 atom stereocenters. The molecule has 0 saturated carbocycles. The summed E-state index contributed by atoms with van der Waals surface area (Å²) in [5.74, 6) is 1.76. The van der Waals surface area contributed by atoms with Crippen LogP contribution in [0, 0.1) is 13.8 Å². The normalized spacial score (nSPS) is 10.4. The van der Waals surface area contributed by atoms with E-state index in [0.717, 1.165) is 11.5 Å². The van der Waals surface area contributed by atoms with Gasteiger partial charge in [-0.1, -0.05) is 54.6 Å². The molecular weight excluding hydrogens is 256 g/mol. The first kappa shape index (κ1) is 13.4. The summed E-state index contributed by atoms with van der Waals surface area (Å²) >= 11 is 0. The standard InChI is InChI=1S/C20H18O/c1-15-13-14-19(21-18-11-7-4-8-12-18)20(16(15)2)17-9-5-3-6-10-17/h3-14H,1-2H3. The third-order valence-electron chi connectivity index (χ3n) is 3.73. The Morgan fingerprint density at radius 1 is 0.667 bits per heavy atom. The lowest BCUT2D eigenvalue weighted by Crippen LogP contribution is -1.93. The molecule has 0 fully saturated rings. The lowest BCUT2D eigenvalue weighted by Gasteiger charge is -2.16. The maximum absolute atomic E-state index is 6.10. The zero-order valence-electron chi connectivity index (χ0n) is 12.3. The first-order valence-corrected chi connectivity index (χ1v) is 7.14. The van der Waals surface area contributed by atoms with Crippen molar-refractivity contribution in [3.05, 3.63) is 83.9 Å². The Bertz CT molecular complexity index is 731. The van der Waals surface area contributed by atoms with Gasteiger partial charge in [-0.25, -0.2) is 0 Å². The average Bonchev–Trinajstić information content (AvgIpc) is 2.53. The molecule has 0 radical (unpaired) electrons. The molecule has 21 heavy (non-hydrogen) atoms. The van der Waals surface area contributed by atoms with Gasteiger partial charge in [0.2, 0.25) is 0 Å². The summed E-state index contributed by atoms with van der Waals surface area (Å²) in [6.07, 6.45) is 0. The highest BCUT2D eigenvalue weighted by atomic mass is 16.5. The molecule has 0 saturated heterocycles. The molecule has 104 valence electrons. The zero-order chi connectivity index (χ0) is 14.7. The van der Waals surface area contributed by atoms with Gasteiger partial charge in [0.1, 0.15) is 11.5 Å². The monoisotopic (exact) mass is 274 g/mol. The summed E-state index contributed by atoms with van der Waals surface area (Å²) in [4.78, 5) is 0. The molecule has 0 aliphatic heterocycles. The van der Waals surface area contributed by atoms with Crippen molar-refractivity contribution in [1.29, 1.82) is 0 Å². The lowest BCUT2D eigenvalue weighted by atomic mass is 9.96. The molecule has 0 aliphatic rings. The number of ether oxygens (including phenoxy) is 1. The molecule has 0 spiro atoms. The van der Waals surface area contributed by atoms with Gasteiger partial charge in [-0.15, -0.1) is 0 Å². The van der Waals surface area contributed by atoms with Crippen LogP contribution in [0.15, 0.2) is 72.8 Å². The van der Waals surface area contributed by atoms with Crippen molar-refractivity contribution in [2.24, 2.45) is 0 Å². The summed E-state index contributed by atoms with van der Waals surface area (Å²) < 4.78 is 6.10. The molecule has 0 aromatic heterocycles. The summed E-state index contributed by atoms with van der Waals surface area (Å²) in [5, 5.41) is 0. The van der Waals surface area contributed by atoms with Crippen molar-refractivity contribution in [3.8, 4) is 22.6 Å². The van der Waals surface area contributed by atoms with Gasteiger partial charge in [0, 0.05) is 5.56 Å². The Morgan fingerprint density at radius 3 is 1.95 bits per heavy atom. The molecule has 0 bridgehead atoms. The second-order valence-electron chi connectivity index (χ2n) is 5.16. The van der Waals surface area contributed by atoms with E-state index < -0.39 is 0 Å². The molecule has 0 amide bonds. The number of benzene rings is 3. The minimum Gasteiger partial charge on any atom is -0.457 e. The van der Waals surface area contributed by atoms with Gasteiger partial charge in [-0.05, 0) is 48.7 Å². The third-order valence-corrected chi connectivity index (χ3v) is 3.73. The van der Waals surface area contributed by atoms with E-state index in [0.29, 0.717) is 0 Å². The molecule has 3 rings (SSSR count). The number of rotatable bonds is 3. The van der Waals surface area contributed by atoms with E-state index in [1.165, 1.54) is 22.3 Å². The molecule has 0 heterocycles.